The van der Waals surface area contributed by atoms with Crippen molar-refractivity contribution in [3.05, 3.63) is 35.9 Å². The molecule has 1 aliphatic heterocycles. The highest BCUT2D eigenvalue weighted by atomic mass is 16.6. The minimum Gasteiger partial charge on any atom is -0.439 e. The van der Waals surface area contributed by atoms with E-state index in [1.165, 1.54) is 0 Å². The molecule has 2 rings (SSSR count). The van der Waals surface area contributed by atoms with Crippen LogP contribution in [0.15, 0.2) is 30.3 Å². The van der Waals surface area contributed by atoms with Crippen molar-refractivity contribution in [3.8, 4) is 0 Å². The number of hydrogen-bond acceptors (Lipinski definition) is 5. The maximum absolute atomic E-state index is 12.4. The van der Waals surface area contributed by atoms with E-state index < -0.39 is 0 Å². The highest BCUT2D eigenvalue weighted by Crippen LogP contribution is 2.34. The van der Waals surface area contributed by atoms with Gasteiger partial charge in [0.2, 0.25) is 0 Å². The minimum atomic E-state index is -0.318. The molecule has 4 N–H and O–H groups in total. The molecular formula is C20H31N3O3. The standard InChI is InChI=1S/C20H31N3O3/c1-23-17(19(26-20(23)25)15-8-4-2-5-9-15)12-11-16(14-22)18(24)10-6-3-7-13-21/h2,4-5,8-9,16-17,19H,3,6-7,10-14,21-22H2,1H3. The minimum absolute atomic E-state index is 0.0796. The van der Waals surface area contributed by atoms with Crippen LogP contribution in [0.1, 0.15) is 50.2 Å². The summed E-state index contributed by atoms with van der Waals surface area (Å²) >= 11 is 0. The second-order valence-electron chi connectivity index (χ2n) is 6.97. The average Bonchev–Trinajstić information content (AvgIpc) is 2.95. The third-order valence-corrected chi connectivity index (χ3v) is 5.17. The van der Waals surface area contributed by atoms with E-state index in [-0.39, 0.29) is 29.9 Å². The molecule has 1 aromatic carbocycles. The fourth-order valence-electron chi connectivity index (χ4n) is 3.49. The molecule has 0 radical (unpaired) electrons. The van der Waals surface area contributed by atoms with E-state index in [2.05, 4.69) is 0 Å². The normalized spacial score (nSPS) is 20.9. The van der Waals surface area contributed by atoms with Crippen LogP contribution in [0.5, 0.6) is 0 Å². The quantitative estimate of drug-likeness (QED) is 0.590. The van der Waals surface area contributed by atoms with E-state index in [1.54, 1.807) is 11.9 Å². The van der Waals surface area contributed by atoms with Crippen LogP contribution in [0, 0.1) is 5.92 Å². The fraction of sp³-hybridized carbons (Fsp3) is 0.600. The molecule has 3 atom stereocenters. The van der Waals surface area contributed by atoms with Crippen molar-refractivity contribution in [1.82, 2.24) is 4.90 Å². The van der Waals surface area contributed by atoms with Gasteiger partial charge in [-0.25, -0.2) is 4.79 Å². The molecule has 1 saturated heterocycles. The molecule has 6 heteroatoms. The average molecular weight is 361 g/mol. The van der Waals surface area contributed by atoms with Crippen molar-refractivity contribution in [2.45, 2.75) is 50.7 Å². The summed E-state index contributed by atoms with van der Waals surface area (Å²) < 4.78 is 5.55. The second-order valence-corrected chi connectivity index (χ2v) is 6.97. The highest BCUT2D eigenvalue weighted by Gasteiger charge is 2.40. The van der Waals surface area contributed by atoms with E-state index in [9.17, 15) is 9.59 Å². The summed E-state index contributed by atoms with van der Waals surface area (Å²) in [7, 11) is 1.75. The van der Waals surface area contributed by atoms with Gasteiger partial charge in [0, 0.05) is 25.9 Å². The number of carbonyl (C=O) groups excluding carboxylic acids is 2. The third kappa shape index (κ3) is 5.29. The SMILES string of the molecule is CN1C(=O)OC(c2ccccc2)C1CCC(CN)C(=O)CCCCCN. The van der Waals surface area contributed by atoms with Crippen LogP contribution in [0.25, 0.3) is 0 Å². The number of likely N-dealkylation sites (N-methyl/N-ethyl adjacent to an activating group) is 1. The van der Waals surface area contributed by atoms with Crippen molar-refractivity contribution in [3.63, 3.8) is 0 Å². The zero-order valence-electron chi connectivity index (χ0n) is 15.6. The molecule has 6 nitrogen and oxygen atoms in total. The van der Waals surface area contributed by atoms with Crippen LogP contribution in [-0.2, 0) is 9.53 Å². The van der Waals surface area contributed by atoms with E-state index >= 15 is 0 Å². The summed E-state index contributed by atoms with van der Waals surface area (Å²) in [5.74, 6) is 0.0575. The predicted molar refractivity (Wildman–Crippen MR) is 102 cm³/mol. The molecule has 0 aliphatic carbocycles. The Kier molecular flexibility index (Phi) is 8.06. The van der Waals surface area contributed by atoms with Gasteiger partial charge in [-0.15, -0.1) is 0 Å². The van der Waals surface area contributed by atoms with Crippen LogP contribution >= 0.6 is 0 Å². The summed E-state index contributed by atoms with van der Waals surface area (Å²) in [4.78, 5) is 26.1. The van der Waals surface area contributed by atoms with E-state index in [4.69, 9.17) is 16.2 Å². The van der Waals surface area contributed by atoms with Gasteiger partial charge in [-0.3, -0.25) is 4.79 Å². The Labute approximate surface area is 155 Å². The maximum atomic E-state index is 12.4. The molecule has 1 fully saturated rings. The first kappa shape index (κ1) is 20.4. The number of unbranched alkanes of at least 4 members (excludes halogenated alkanes) is 2. The zero-order chi connectivity index (χ0) is 18.9. The Bertz CT molecular complexity index is 579. The second kappa shape index (κ2) is 10.3. The molecule has 26 heavy (non-hydrogen) atoms. The largest absolute Gasteiger partial charge is 0.439 e. The molecule has 1 aromatic rings. The molecule has 0 bridgehead atoms. The number of cyclic esters (lactones) is 1. The summed E-state index contributed by atoms with van der Waals surface area (Å²) in [5, 5.41) is 0. The molecule has 1 heterocycles. The number of rotatable bonds is 11. The smallest absolute Gasteiger partial charge is 0.410 e. The molecule has 144 valence electrons. The first-order chi connectivity index (χ1) is 12.6. The lowest BCUT2D eigenvalue weighted by molar-refractivity contribution is -0.123. The van der Waals surface area contributed by atoms with Crippen molar-refractivity contribution in [2.75, 3.05) is 20.1 Å². The van der Waals surface area contributed by atoms with E-state index in [0.29, 0.717) is 32.4 Å². The Morgan fingerprint density at radius 1 is 1.19 bits per heavy atom. The molecular weight excluding hydrogens is 330 g/mol. The molecule has 1 amide bonds. The first-order valence-electron chi connectivity index (χ1n) is 9.49. The van der Waals surface area contributed by atoms with Gasteiger partial charge in [-0.2, -0.15) is 0 Å². The number of benzene rings is 1. The van der Waals surface area contributed by atoms with Crippen LogP contribution in [0.3, 0.4) is 0 Å². The van der Waals surface area contributed by atoms with Gasteiger partial charge in [0.1, 0.15) is 11.9 Å². The summed E-state index contributed by atoms with van der Waals surface area (Å²) in [6.45, 7) is 1.01. The number of Topliss-reactive ketones (excluding diaryl/α,β-unsaturated/α-hetero) is 1. The monoisotopic (exact) mass is 361 g/mol. The Balaban J connectivity index is 1.93. The number of ketones is 1. The number of ether oxygens (including phenoxy) is 1. The molecule has 0 saturated carbocycles. The van der Waals surface area contributed by atoms with Crippen LogP contribution in [0.2, 0.25) is 0 Å². The zero-order valence-corrected chi connectivity index (χ0v) is 15.6. The van der Waals surface area contributed by atoms with Gasteiger partial charge < -0.3 is 21.1 Å². The van der Waals surface area contributed by atoms with Crippen molar-refractivity contribution in [1.29, 1.82) is 0 Å². The number of amides is 1. The van der Waals surface area contributed by atoms with Crippen LogP contribution in [0.4, 0.5) is 4.79 Å². The van der Waals surface area contributed by atoms with Gasteiger partial charge in [0.05, 0.1) is 6.04 Å². The number of carbonyl (C=O) groups is 2. The first-order valence-corrected chi connectivity index (χ1v) is 9.49. The summed E-state index contributed by atoms with van der Waals surface area (Å²) in [6, 6.07) is 9.66. The Hall–Kier alpha value is -1.92. The number of hydrogen-bond donors (Lipinski definition) is 2. The predicted octanol–water partition coefficient (Wildman–Crippen LogP) is 2.62. The topological polar surface area (TPSA) is 98.6 Å². The fourth-order valence-corrected chi connectivity index (χ4v) is 3.49. The van der Waals surface area contributed by atoms with E-state index in [0.717, 1.165) is 24.8 Å². The van der Waals surface area contributed by atoms with Gasteiger partial charge >= 0.3 is 6.09 Å². The third-order valence-electron chi connectivity index (χ3n) is 5.17. The van der Waals surface area contributed by atoms with Crippen molar-refractivity contribution in [2.24, 2.45) is 17.4 Å². The van der Waals surface area contributed by atoms with Crippen molar-refractivity contribution >= 4 is 11.9 Å². The summed E-state index contributed by atoms with van der Waals surface area (Å²) in [6.07, 6.45) is 4.09. The lowest BCUT2D eigenvalue weighted by Gasteiger charge is -2.23. The van der Waals surface area contributed by atoms with Gasteiger partial charge in [-0.05, 0) is 37.8 Å². The lowest BCUT2D eigenvalue weighted by atomic mass is 9.90. The molecule has 1 aliphatic rings. The molecule has 0 spiro atoms. The highest BCUT2D eigenvalue weighted by molar-refractivity contribution is 5.81. The maximum Gasteiger partial charge on any atom is 0.410 e. The molecule has 0 aromatic heterocycles. The van der Waals surface area contributed by atoms with Gasteiger partial charge in [0.25, 0.3) is 0 Å². The molecule has 3 unspecified atom stereocenters. The van der Waals surface area contributed by atoms with Gasteiger partial charge in [0.15, 0.2) is 0 Å². The van der Waals surface area contributed by atoms with Crippen molar-refractivity contribution < 1.29 is 14.3 Å². The van der Waals surface area contributed by atoms with Crippen LogP contribution in [-0.4, -0.2) is 43.0 Å². The number of nitrogens with two attached hydrogens (primary N) is 2. The van der Waals surface area contributed by atoms with Gasteiger partial charge in [-0.1, -0.05) is 36.8 Å². The number of nitrogens with zero attached hydrogens (tertiary/aromatic N) is 1. The lowest BCUT2D eigenvalue weighted by Crippen LogP contribution is -2.33. The Morgan fingerprint density at radius 2 is 1.92 bits per heavy atom. The van der Waals surface area contributed by atoms with Crippen LogP contribution < -0.4 is 11.5 Å². The Morgan fingerprint density at radius 3 is 2.58 bits per heavy atom. The van der Waals surface area contributed by atoms with E-state index in [1.807, 2.05) is 30.3 Å². The summed E-state index contributed by atoms with van der Waals surface area (Å²) in [5.41, 5.74) is 12.3.